The van der Waals surface area contributed by atoms with Gasteiger partial charge in [0.2, 0.25) is 5.95 Å². The Morgan fingerprint density at radius 1 is 1.11 bits per heavy atom. The number of hydrogen-bond donors (Lipinski definition) is 3. The first kappa shape index (κ1) is 25.2. The van der Waals surface area contributed by atoms with Crippen LogP contribution in [0.3, 0.4) is 0 Å². The number of ether oxygens (including phenoxy) is 2. The lowest BCUT2D eigenvalue weighted by molar-refractivity contribution is -0.116. The third kappa shape index (κ3) is 6.40. The number of amides is 1. The number of piperazine rings is 1. The van der Waals surface area contributed by atoms with E-state index in [9.17, 15) is 4.79 Å². The van der Waals surface area contributed by atoms with Crippen molar-refractivity contribution in [3.8, 4) is 5.75 Å². The van der Waals surface area contributed by atoms with Crippen LogP contribution in [-0.2, 0) is 16.1 Å². The molecular weight excluding hydrogens is 462 g/mol. The number of methoxy groups -OCH3 is 1. The highest BCUT2D eigenvalue weighted by molar-refractivity contribution is 5.91. The van der Waals surface area contributed by atoms with Gasteiger partial charge in [-0.25, -0.2) is 4.68 Å². The van der Waals surface area contributed by atoms with E-state index in [1.54, 1.807) is 26.3 Å². The number of aromatic nitrogens is 4. The maximum atomic E-state index is 11.7. The Balaban J connectivity index is 1.30. The molecule has 0 spiro atoms. The summed E-state index contributed by atoms with van der Waals surface area (Å²) >= 11 is 0. The van der Waals surface area contributed by atoms with Crippen LogP contribution >= 0.6 is 0 Å². The second-order valence-electron chi connectivity index (χ2n) is 8.31. The molecule has 12 heteroatoms. The van der Waals surface area contributed by atoms with E-state index >= 15 is 0 Å². The van der Waals surface area contributed by atoms with Gasteiger partial charge in [-0.1, -0.05) is 6.08 Å². The smallest absolute Gasteiger partial charge is 0.262 e. The zero-order valence-electron chi connectivity index (χ0n) is 20.7. The number of carbonyl (C=O) groups is 1. The third-order valence-electron chi connectivity index (χ3n) is 5.89. The molecule has 1 aromatic carbocycles. The molecule has 192 valence electrons. The minimum Gasteiger partial charge on any atom is -0.491 e. The fourth-order valence-electron chi connectivity index (χ4n) is 4.01. The average molecular weight is 496 g/mol. The summed E-state index contributed by atoms with van der Waals surface area (Å²) < 4.78 is 12.5. The van der Waals surface area contributed by atoms with Crippen molar-refractivity contribution >= 4 is 34.4 Å². The molecule has 1 amide bonds. The average Bonchev–Trinajstić information content (AvgIpc) is 3.30. The summed E-state index contributed by atoms with van der Waals surface area (Å²) in [5.41, 5.74) is 13.1. The van der Waals surface area contributed by atoms with Gasteiger partial charge in [-0.15, -0.1) is 0 Å². The highest BCUT2D eigenvalue weighted by atomic mass is 16.5. The fourth-order valence-corrected chi connectivity index (χ4v) is 4.01. The molecule has 0 radical (unpaired) electrons. The van der Waals surface area contributed by atoms with Gasteiger partial charge in [0.05, 0.1) is 24.7 Å². The molecule has 0 saturated carbocycles. The van der Waals surface area contributed by atoms with Gasteiger partial charge >= 0.3 is 0 Å². The maximum Gasteiger partial charge on any atom is 0.262 e. The predicted octanol–water partition coefficient (Wildman–Crippen LogP) is 1.28. The van der Waals surface area contributed by atoms with Crippen molar-refractivity contribution < 1.29 is 14.3 Å². The van der Waals surface area contributed by atoms with Gasteiger partial charge in [0.15, 0.2) is 11.5 Å². The topological polar surface area (TPSA) is 136 Å². The molecule has 0 bridgehead atoms. The summed E-state index contributed by atoms with van der Waals surface area (Å²) in [4.78, 5) is 25.1. The summed E-state index contributed by atoms with van der Waals surface area (Å²) in [6.45, 7) is 8.17. The van der Waals surface area contributed by atoms with Crippen molar-refractivity contribution in [2.75, 3.05) is 69.1 Å². The molecule has 4 rings (SSSR count). The summed E-state index contributed by atoms with van der Waals surface area (Å²) in [5, 5.41) is 5.16. The molecule has 1 aliphatic rings. The number of nitrogen functional groups attached to an aromatic ring is 1. The summed E-state index contributed by atoms with van der Waals surface area (Å²) in [7, 11) is 1.66. The van der Waals surface area contributed by atoms with Crippen LogP contribution < -0.4 is 26.2 Å². The van der Waals surface area contributed by atoms with Crippen molar-refractivity contribution in [2.24, 2.45) is 0 Å². The minimum atomic E-state index is -0.291. The Hall–Kier alpha value is -3.90. The van der Waals surface area contributed by atoms with E-state index in [4.69, 9.17) is 15.2 Å². The number of hydrazine groups is 1. The SMILES string of the molecule is C/C=C/C(=O)NNc1nc(N)nc2c1cnn2CCN1CCN(c2ccc(OCCOC)cc2)CC1. The van der Waals surface area contributed by atoms with Crippen molar-refractivity contribution in [3.63, 3.8) is 0 Å². The van der Waals surface area contributed by atoms with Crippen LogP contribution in [-0.4, -0.2) is 83.6 Å². The van der Waals surface area contributed by atoms with Gasteiger partial charge in [-0.2, -0.15) is 15.1 Å². The molecule has 0 atom stereocenters. The number of nitrogens with two attached hydrogens (primary N) is 1. The zero-order valence-corrected chi connectivity index (χ0v) is 20.7. The van der Waals surface area contributed by atoms with Crippen molar-refractivity contribution in [3.05, 3.63) is 42.6 Å². The van der Waals surface area contributed by atoms with E-state index in [-0.39, 0.29) is 11.9 Å². The molecule has 12 nitrogen and oxygen atoms in total. The quantitative estimate of drug-likeness (QED) is 0.203. The number of anilines is 3. The second kappa shape index (κ2) is 12.2. The maximum absolute atomic E-state index is 11.7. The molecule has 0 unspecified atom stereocenters. The number of allylic oxidation sites excluding steroid dienone is 1. The molecule has 1 saturated heterocycles. The number of nitrogens with one attached hydrogen (secondary N) is 2. The Morgan fingerprint density at radius 3 is 2.61 bits per heavy atom. The predicted molar refractivity (Wildman–Crippen MR) is 139 cm³/mol. The van der Waals surface area contributed by atoms with Crippen LogP contribution in [0.1, 0.15) is 6.92 Å². The lowest BCUT2D eigenvalue weighted by atomic mass is 10.2. The molecule has 36 heavy (non-hydrogen) atoms. The second-order valence-corrected chi connectivity index (χ2v) is 8.31. The molecular formula is C24H33N9O3. The van der Waals surface area contributed by atoms with Crippen molar-refractivity contribution in [1.82, 2.24) is 30.1 Å². The van der Waals surface area contributed by atoms with Gasteiger partial charge in [0.25, 0.3) is 5.91 Å². The highest BCUT2D eigenvalue weighted by Gasteiger charge is 2.18. The van der Waals surface area contributed by atoms with Gasteiger partial charge < -0.3 is 20.1 Å². The van der Waals surface area contributed by atoms with Crippen LogP contribution in [0.5, 0.6) is 5.75 Å². The Labute approximate surface area is 210 Å². The Morgan fingerprint density at radius 2 is 1.89 bits per heavy atom. The Kier molecular flexibility index (Phi) is 8.53. The first-order chi connectivity index (χ1) is 17.6. The van der Waals surface area contributed by atoms with E-state index < -0.39 is 0 Å². The number of rotatable bonds is 11. The third-order valence-corrected chi connectivity index (χ3v) is 5.89. The van der Waals surface area contributed by atoms with Gasteiger partial charge in [0.1, 0.15) is 12.4 Å². The van der Waals surface area contributed by atoms with Gasteiger partial charge in [-0.3, -0.25) is 20.5 Å². The largest absolute Gasteiger partial charge is 0.491 e. The molecule has 2 aromatic heterocycles. The van der Waals surface area contributed by atoms with E-state index in [0.29, 0.717) is 36.6 Å². The number of benzene rings is 1. The fraction of sp³-hybridized carbons (Fsp3) is 0.417. The Bertz CT molecular complexity index is 1170. The lowest BCUT2D eigenvalue weighted by Gasteiger charge is -2.36. The van der Waals surface area contributed by atoms with E-state index in [1.807, 2.05) is 16.8 Å². The standard InChI is InChI=1S/C24H33N9O3/c1-3-4-21(34)29-30-22-20-17-26-33(23(20)28-24(25)27-22)14-11-31-9-12-32(13-10-31)18-5-7-19(8-6-18)36-16-15-35-2/h3-8,17H,9-16H2,1-2H3,(H,29,34)(H3,25,27,28,30)/b4-3+. The minimum absolute atomic E-state index is 0.107. The van der Waals surface area contributed by atoms with Crippen molar-refractivity contribution in [1.29, 1.82) is 0 Å². The van der Waals surface area contributed by atoms with Crippen LogP contribution in [0.2, 0.25) is 0 Å². The van der Waals surface area contributed by atoms with Crippen molar-refractivity contribution in [2.45, 2.75) is 13.5 Å². The summed E-state index contributed by atoms with van der Waals surface area (Å²) in [6.07, 6.45) is 4.74. The molecule has 3 heterocycles. The van der Waals surface area contributed by atoms with Gasteiger partial charge in [-0.05, 0) is 31.2 Å². The normalized spacial score (nSPS) is 14.4. The summed E-state index contributed by atoms with van der Waals surface area (Å²) in [5.74, 6) is 1.07. The lowest BCUT2D eigenvalue weighted by Crippen LogP contribution is -2.47. The van der Waals surface area contributed by atoms with E-state index in [0.717, 1.165) is 38.5 Å². The van der Waals surface area contributed by atoms with Crippen LogP contribution in [0, 0.1) is 0 Å². The van der Waals surface area contributed by atoms with E-state index in [1.165, 1.54) is 11.8 Å². The molecule has 4 N–H and O–H groups in total. The molecule has 3 aromatic rings. The zero-order chi connectivity index (χ0) is 25.3. The number of carbonyl (C=O) groups excluding carboxylic acids is 1. The molecule has 1 fully saturated rings. The monoisotopic (exact) mass is 495 g/mol. The van der Waals surface area contributed by atoms with Crippen LogP contribution in [0.25, 0.3) is 11.0 Å². The number of fused-ring (bicyclic) bond motifs is 1. The molecule has 1 aliphatic heterocycles. The first-order valence-electron chi connectivity index (χ1n) is 11.9. The number of nitrogens with zero attached hydrogens (tertiary/aromatic N) is 6. The molecule has 0 aliphatic carbocycles. The van der Waals surface area contributed by atoms with E-state index in [2.05, 4.69) is 47.9 Å². The first-order valence-corrected chi connectivity index (χ1v) is 11.9. The van der Waals surface area contributed by atoms with Crippen LogP contribution in [0.15, 0.2) is 42.6 Å². The van der Waals surface area contributed by atoms with Gasteiger partial charge in [0, 0.05) is 51.6 Å². The van der Waals surface area contributed by atoms with Crippen LogP contribution in [0.4, 0.5) is 17.5 Å². The summed E-state index contributed by atoms with van der Waals surface area (Å²) in [6, 6.07) is 8.21. The number of hydrogen-bond acceptors (Lipinski definition) is 10. The highest BCUT2D eigenvalue weighted by Crippen LogP contribution is 2.22.